The Labute approximate surface area is 172 Å². The number of rotatable bonds is 8. The minimum Gasteiger partial charge on any atom is -0.507 e. The maximum absolute atomic E-state index is 9.93. The van der Waals surface area contributed by atoms with Crippen LogP contribution >= 0.6 is 0 Å². The van der Waals surface area contributed by atoms with Gasteiger partial charge in [-0.05, 0) is 102 Å². The summed E-state index contributed by atoms with van der Waals surface area (Å²) >= 11 is 0. The van der Waals surface area contributed by atoms with E-state index in [4.69, 9.17) is 8.23 Å². The zero-order valence-electron chi connectivity index (χ0n) is 19.1. The van der Waals surface area contributed by atoms with Gasteiger partial charge in [-0.2, -0.15) is 0 Å². The molecule has 1 aromatic rings. The SMILES string of the molecule is C[SiH](C)O[Si](C)(C)C.Cc1cc(CCC[SiH](O)O[Si](C)(C)C)cc(C)c1O. The molecule has 8 heteroatoms. The van der Waals surface area contributed by atoms with E-state index in [9.17, 15) is 9.90 Å². The van der Waals surface area contributed by atoms with Gasteiger partial charge in [-0.3, -0.25) is 0 Å². The molecule has 0 saturated carbocycles. The molecule has 0 spiro atoms. The number of aryl methyl sites for hydroxylation is 3. The molecule has 4 nitrogen and oxygen atoms in total. The topological polar surface area (TPSA) is 58.9 Å². The van der Waals surface area contributed by atoms with Gasteiger partial charge < -0.3 is 18.1 Å². The number of benzene rings is 1. The van der Waals surface area contributed by atoms with Crippen molar-refractivity contribution in [3.63, 3.8) is 0 Å². The van der Waals surface area contributed by atoms with Crippen molar-refractivity contribution < 1.29 is 18.1 Å². The van der Waals surface area contributed by atoms with E-state index in [1.54, 1.807) is 0 Å². The first-order valence-corrected chi connectivity index (χ1v) is 21.3. The molecule has 0 aromatic heterocycles. The van der Waals surface area contributed by atoms with E-state index < -0.39 is 35.0 Å². The van der Waals surface area contributed by atoms with Gasteiger partial charge in [0.25, 0.3) is 0 Å². The maximum Gasteiger partial charge on any atom is 0.308 e. The van der Waals surface area contributed by atoms with Crippen LogP contribution in [0, 0.1) is 13.8 Å². The van der Waals surface area contributed by atoms with E-state index in [2.05, 4.69) is 52.4 Å². The number of phenols is 1. The van der Waals surface area contributed by atoms with Gasteiger partial charge in [0.1, 0.15) is 5.75 Å². The van der Waals surface area contributed by atoms with Gasteiger partial charge in [-0.1, -0.05) is 12.1 Å². The van der Waals surface area contributed by atoms with Gasteiger partial charge in [0.15, 0.2) is 25.7 Å². The first-order valence-electron chi connectivity index (χ1n) is 9.93. The lowest BCUT2D eigenvalue weighted by Gasteiger charge is -2.21. The van der Waals surface area contributed by atoms with Gasteiger partial charge in [-0.25, -0.2) is 0 Å². The summed E-state index contributed by atoms with van der Waals surface area (Å²) in [6, 6.07) is 4.84. The highest BCUT2D eigenvalue weighted by Gasteiger charge is 2.20. The molecule has 1 aromatic carbocycles. The number of aromatic hydroxyl groups is 1. The Bertz CT molecular complexity index is 543. The van der Waals surface area contributed by atoms with Crippen molar-refractivity contribution in [2.75, 3.05) is 0 Å². The first kappa shape index (κ1) is 26.8. The third-order valence-electron chi connectivity index (χ3n) is 3.55. The summed E-state index contributed by atoms with van der Waals surface area (Å²) in [7, 11) is -5.48. The van der Waals surface area contributed by atoms with Gasteiger partial charge >= 0.3 is 9.28 Å². The third kappa shape index (κ3) is 14.4. The molecule has 0 amide bonds. The molecule has 1 unspecified atom stereocenters. The van der Waals surface area contributed by atoms with Gasteiger partial charge in [-0.15, -0.1) is 0 Å². The van der Waals surface area contributed by atoms with Crippen LogP contribution in [-0.2, 0) is 14.7 Å². The minimum absolute atomic E-state index is 0.389. The fraction of sp³-hybridized carbons (Fsp3) is 0.684. The van der Waals surface area contributed by atoms with Crippen molar-refractivity contribution in [2.45, 2.75) is 85.1 Å². The Morgan fingerprint density at radius 3 is 1.67 bits per heavy atom. The average Bonchev–Trinajstić information content (AvgIpc) is 2.40. The van der Waals surface area contributed by atoms with Crippen LogP contribution in [0.3, 0.4) is 0 Å². The summed E-state index contributed by atoms with van der Waals surface area (Å²) in [6.07, 6.45) is 1.88. The van der Waals surface area contributed by atoms with Crippen molar-refractivity contribution in [3.05, 3.63) is 28.8 Å². The molecule has 0 fully saturated rings. The van der Waals surface area contributed by atoms with Crippen molar-refractivity contribution in [2.24, 2.45) is 0 Å². The molecule has 2 N–H and O–H groups in total. The van der Waals surface area contributed by atoms with Gasteiger partial charge in [0.05, 0.1) is 0 Å². The normalized spacial score (nSPS) is 13.3. The Balaban J connectivity index is 0.000000713. The molecule has 0 aliphatic rings. The van der Waals surface area contributed by atoms with Gasteiger partial charge in [0.2, 0.25) is 0 Å². The van der Waals surface area contributed by atoms with Gasteiger partial charge in [0, 0.05) is 0 Å². The molecule has 0 aliphatic carbocycles. The molecule has 1 rings (SSSR count). The molecule has 1 atom stereocenters. The Morgan fingerprint density at radius 2 is 1.33 bits per heavy atom. The first-order chi connectivity index (χ1) is 12.1. The van der Waals surface area contributed by atoms with E-state index >= 15 is 0 Å². The summed E-state index contributed by atoms with van der Waals surface area (Å²) < 4.78 is 11.5. The van der Waals surface area contributed by atoms with Crippen LogP contribution in [0.1, 0.15) is 23.1 Å². The smallest absolute Gasteiger partial charge is 0.308 e. The highest BCUT2D eigenvalue weighted by Crippen LogP contribution is 2.24. The quantitative estimate of drug-likeness (QED) is 0.562. The lowest BCUT2D eigenvalue weighted by Crippen LogP contribution is -2.34. The summed E-state index contributed by atoms with van der Waals surface area (Å²) in [5, 5.41) is 9.72. The number of phenolic OH excluding ortho intramolecular Hbond substituents is 1. The van der Waals surface area contributed by atoms with Crippen LogP contribution in [-0.4, -0.2) is 44.9 Å². The monoisotopic (exact) mass is 446 g/mol. The van der Waals surface area contributed by atoms with Crippen LogP contribution in [0.25, 0.3) is 0 Å². The van der Waals surface area contributed by atoms with Crippen molar-refractivity contribution in [1.82, 2.24) is 0 Å². The largest absolute Gasteiger partial charge is 0.507 e. The minimum atomic E-state index is -1.99. The molecule has 0 radical (unpaired) electrons. The van der Waals surface area contributed by atoms with Crippen molar-refractivity contribution >= 4 is 35.0 Å². The predicted molar refractivity (Wildman–Crippen MR) is 128 cm³/mol. The van der Waals surface area contributed by atoms with Crippen LogP contribution in [0.15, 0.2) is 12.1 Å². The maximum atomic E-state index is 9.93. The lowest BCUT2D eigenvalue weighted by atomic mass is 10.0. The predicted octanol–water partition coefficient (Wildman–Crippen LogP) is 4.83. The van der Waals surface area contributed by atoms with Crippen LogP contribution < -0.4 is 0 Å². The standard InChI is InChI=1S/C14H26O3Si2.C5H16OSi2/c1-11-9-13(10-12(2)14(11)15)7-6-8-18(16)17-19(3,4)5;1-7(2)6-8(3,4)5/h9-10,15-16,18H,6-8H2,1-5H3;7H,1-5H3. The highest BCUT2D eigenvalue weighted by molar-refractivity contribution is 6.76. The van der Waals surface area contributed by atoms with Crippen molar-refractivity contribution in [3.8, 4) is 5.75 Å². The Kier molecular flexibility index (Phi) is 11.6. The molecule has 0 bridgehead atoms. The summed E-state index contributed by atoms with van der Waals surface area (Å²) in [4.78, 5) is 9.93. The molecule has 27 heavy (non-hydrogen) atoms. The lowest BCUT2D eigenvalue weighted by molar-refractivity contribution is 0.409. The highest BCUT2D eigenvalue weighted by atomic mass is 28.4. The average molecular weight is 447 g/mol. The molecule has 158 valence electrons. The summed E-state index contributed by atoms with van der Waals surface area (Å²) in [5.74, 6) is 0.389. The Hall–Kier alpha value is -0.232. The Morgan fingerprint density at radius 1 is 0.889 bits per heavy atom. The number of hydrogen-bond acceptors (Lipinski definition) is 4. The van der Waals surface area contributed by atoms with E-state index in [-0.39, 0.29) is 0 Å². The van der Waals surface area contributed by atoms with E-state index in [1.165, 1.54) is 5.56 Å². The summed E-state index contributed by atoms with van der Waals surface area (Å²) in [5.41, 5.74) is 3.07. The zero-order valence-corrected chi connectivity index (χ0v) is 23.5. The zero-order chi connectivity index (χ0) is 21.4. The van der Waals surface area contributed by atoms with E-state index in [1.807, 2.05) is 26.0 Å². The third-order valence-corrected chi connectivity index (χ3v) is 13.1. The van der Waals surface area contributed by atoms with Crippen LogP contribution in [0.4, 0.5) is 0 Å². The van der Waals surface area contributed by atoms with Crippen LogP contribution in [0.5, 0.6) is 5.75 Å². The molecule has 0 saturated heterocycles. The number of hydrogen-bond donors (Lipinski definition) is 2. The van der Waals surface area contributed by atoms with E-state index in [0.29, 0.717) is 5.75 Å². The van der Waals surface area contributed by atoms with E-state index in [0.717, 1.165) is 30.0 Å². The fourth-order valence-electron chi connectivity index (χ4n) is 2.84. The fourth-order valence-corrected chi connectivity index (χ4v) is 12.8. The molecule has 0 heterocycles. The molecular weight excluding hydrogens is 405 g/mol. The second-order valence-corrected chi connectivity index (χ2v) is 23.4. The molecular formula is C19H42O4Si4. The van der Waals surface area contributed by atoms with Crippen molar-refractivity contribution in [1.29, 1.82) is 0 Å². The second kappa shape index (κ2) is 11.7. The second-order valence-electron chi connectivity index (χ2n) is 9.43. The van der Waals surface area contributed by atoms with Crippen LogP contribution in [0.2, 0.25) is 58.4 Å². The summed E-state index contributed by atoms with van der Waals surface area (Å²) in [6.45, 7) is 21.3. The molecule has 0 aliphatic heterocycles.